The zero-order valence-electron chi connectivity index (χ0n) is 11.0. The van der Waals surface area contributed by atoms with Gasteiger partial charge in [-0.05, 0) is 24.3 Å². The first kappa shape index (κ1) is 11.7. The monoisotopic (exact) mass is 281 g/mol. The van der Waals surface area contributed by atoms with Crippen LogP contribution in [0.15, 0.2) is 48.5 Å². The maximum absolute atomic E-state index is 4.74. The van der Waals surface area contributed by atoms with E-state index < -0.39 is 0 Å². The van der Waals surface area contributed by atoms with Crippen molar-refractivity contribution < 1.29 is 0 Å². The van der Waals surface area contributed by atoms with Crippen molar-refractivity contribution in [3.63, 3.8) is 0 Å². The maximum atomic E-state index is 4.74. The Labute approximate surface area is 121 Å². The molecule has 100 valence electrons. The van der Waals surface area contributed by atoms with Crippen molar-refractivity contribution in [1.82, 2.24) is 4.98 Å². The highest BCUT2D eigenvalue weighted by Crippen LogP contribution is 2.31. The van der Waals surface area contributed by atoms with E-state index in [2.05, 4.69) is 52.7 Å². The molecule has 1 aromatic heterocycles. The SMILES string of the molecule is c1ccc2c(c1)NCCN2Cc1nc2ccccc2s1. The predicted octanol–water partition coefficient (Wildman–Crippen LogP) is 3.73. The van der Waals surface area contributed by atoms with Gasteiger partial charge in [0.1, 0.15) is 5.01 Å². The quantitative estimate of drug-likeness (QED) is 0.776. The molecule has 0 bridgehead atoms. The van der Waals surface area contributed by atoms with Crippen molar-refractivity contribution in [2.24, 2.45) is 0 Å². The van der Waals surface area contributed by atoms with Crippen molar-refractivity contribution in [3.05, 3.63) is 53.5 Å². The number of para-hydroxylation sites is 3. The van der Waals surface area contributed by atoms with Gasteiger partial charge in [-0.25, -0.2) is 4.98 Å². The Hall–Kier alpha value is -2.07. The van der Waals surface area contributed by atoms with Gasteiger partial charge >= 0.3 is 0 Å². The van der Waals surface area contributed by atoms with Gasteiger partial charge in [0.25, 0.3) is 0 Å². The molecule has 2 heterocycles. The summed E-state index contributed by atoms with van der Waals surface area (Å²) >= 11 is 1.79. The van der Waals surface area contributed by atoms with Gasteiger partial charge in [0.15, 0.2) is 0 Å². The van der Waals surface area contributed by atoms with Crippen molar-refractivity contribution in [2.45, 2.75) is 6.54 Å². The molecule has 0 radical (unpaired) electrons. The lowest BCUT2D eigenvalue weighted by molar-refractivity contribution is 0.784. The number of rotatable bonds is 2. The Balaban J connectivity index is 1.66. The number of aromatic nitrogens is 1. The number of nitrogens with one attached hydrogen (secondary N) is 1. The van der Waals surface area contributed by atoms with E-state index in [9.17, 15) is 0 Å². The van der Waals surface area contributed by atoms with Gasteiger partial charge in [0.05, 0.1) is 28.1 Å². The normalized spacial score (nSPS) is 14.1. The molecule has 0 aliphatic carbocycles. The molecular formula is C16H15N3S. The number of fused-ring (bicyclic) bond motifs is 2. The average Bonchev–Trinajstić information content (AvgIpc) is 2.90. The summed E-state index contributed by atoms with van der Waals surface area (Å²) in [6.45, 7) is 2.90. The van der Waals surface area contributed by atoms with Gasteiger partial charge in [-0.2, -0.15) is 0 Å². The van der Waals surface area contributed by atoms with E-state index >= 15 is 0 Å². The second-order valence-corrected chi connectivity index (χ2v) is 6.06. The summed E-state index contributed by atoms with van der Waals surface area (Å²) in [6.07, 6.45) is 0. The molecule has 4 rings (SSSR count). The third-order valence-corrected chi connectivity index (χ3v) is 4.63. The highest BCUT2D eigenvalue weighted by Gasteiger charge is 2.17. The van der Waals surface area contributed by atoms with E-state index in [0.717, 1.165) is 25.2 Å². The van der Waals surface area contributed by atoms with E-state index in [1.807, 2.05) is 6.07 Å². The zero-order chi connectivity index (χ0) is 13.4. The van der Waals surface area contributed by atoms with E-state index in [1.165, 1.54) is 21.1 Å². The fourth-order valence-electron chi connectivity index (χ4n) is 2.66. The van der Waals surface area contributed by atoms with Crippen LogP contribution in [0.25, 0.3) is 10.2 Å². The molecule has 0 fully saturated rings. The molecule has 0 spiro atoms. The van der Waals surface area contributed by atoms with Crippen LogP contribution in [0.2, 0.25) is 0 Å². The van der Waals surface area contributed by atoms with Crippen molar-refractivity contribution in [1.29, 1.82) is 0 Å². The number of thiazole rings is 1. The lowest BCUT2D eigenvalue weighted by atomic mass is 10.2. The van der Waals surface area contributed by atoms with Gasteiger partial charge < -0.3 is 10.2 Å². The van der Waals surface area contributed by atoms with Crippen LogP contribution in [0.4, 0.5) is 11.4 Å². The molecule has 0 saturated carbocycles. The maximum Gasteiger partial charge on any atom is 0.113 e. The molecule has 0 saturated heterocycles. The third kappa shape index (κ3) is 2.02. The molecular weight excluding hydrogens is 266 g/mol. The second-order valence-electron chi connectivity index (χ2n) is 4.94. The molecule has 0 atom stereocenters. The summed E-state index contributed by atoms with van der Waals surface area (Å²) < 4.78 is 1.27. The highest BCUT2D eigenvalue weighted by atomic mass is 32.1. The Morgan fingerprint density at radius 3 is 2.90 bits per heavy atom. The van der Waals surface area contributed by atoms with Crippen LogP contribution >= 0.6 is 11.3 Å². The van der Waals surface area contributed by atoms with E-state index in [4.69, 9.17) is 4.98 Å². The Kier molecular flexibility index (Phi) is 2.81. The topological polar surface area (TPSA) is 28.2 Å². The van der Waals surface area contributed by atoms with Crippen LogP contribution < -0.4 is 10.2 Å². The Morgan fingerprint density at radius 1 is 1.10 bits per heavy atom. The predicted molar refractivity (Wildman–Crippen MR) is 85.6 cm³/mol. The number of hydrogen-bond donors (Lipinski definition) is 1. The largest absolute Gasteiger partial charge is 0.382 e. The van der Waals surface area contributed by atoms with Gasteiger partial charge in [0, 0.05) is 13.1 Å². The number of nitrogens with zero attached hydrogens (tertiary/aromatic N) is 2. The molecule has 3 aromatic rings. The van der Waals surface area contributed by atoms with Gasteiger partial charge in [-0.15, -0.1) is 11.3 Å². The van der Waals surface area contributed by atoms with E-state index in [1.54, 1.807) is 11.3 Å². The second kappa shape index (κ2) is 4.80. The first-order chi connectivity index (χ1) is 9.90. The molecule has 3 nitrogen and oxygen atoms in total. The third-order valence-electron chi connectivity index (χ3n) is 3.61. The van der Waals surface area contributed by atoms with Crippen LogP contribution in [0.1, 0.15) is 5.01 Å². The molecule has 2 aromatic carbocycles. The zero-order valence-corrected chi connectivity index (χ0v) is 11.9. The number of benzene rings is 2. The molecule has 20 heavy (non-hydrogen) atoms. The van der Waals surface area contributed by atoms with Gasteiger partial charge in [-0.1, -0.05) is 24.3 Å². The first-order valence-corrected chi connectivity index (χ1v) is 7.64. The van der Waals surface area contributed by atoms with Crippen molar-refractivity contribution >= 4 is 32.9 Å². The Bertz CT molecular complexity index is 717. The van der Waals surface area contributed by atoms with Crippen LogP contribution in [0, 0.1) is 0 Å². The summed E-state index contributed by atoms with van der Waals surface area (Å²) in [6, 6.07) is 16.8. The fourth-order valence-corrected chi connectivity index (χ4v) is 3.64. The minimum Gasteiger partial charge on any atom is -0.382 e. The Morgan fingerprint density at radius 2 is 1.95 bits per heavy atom. The van der Waals surface area contributed by atoms with Crippen molar-refractivity contribution in [2.75, 3.05) is 23.3 Å². The summed E-state index contributed by atoms with van der Waals surface area (Å²) in [5, 5.41) is 4.63. The van der Waals surface area contributed by atoms with Gasteiger partial charge in [0.2, 0.25) is 0 Å². The van der Waals surface area contributed by atoms with Crippen LogP contribution in [0.3, 0.4) is 0 Å². The van der Waals surface area contributed by atoms with Gasteiger partial charge in [-0.3, -0.25) is 0 Å². The highest BCUT2D eigenvalue weighted by molar-refractivity contribution is 7.18. The molecule has 1 aliphatic heterocycles. The summed E-state index contributed by atoms with van der Waals surface area (Å²) in [4.78, 5) is 7.14. The minimum atomic E-state index is 0.887. The number of anilines is 2. The lowest BCUT2D eigenvalue weighted by Gasteiger charge is -2.31. The number of hydrogen-bond acceptors (Lipinski definition) is 4. The van der Waals surface area contributed by atoms with Crippen molar-refractivity contribution in [3.8, 4) is 0 Å². The summed E-state index contributed by atoms with van der Waals surface area (Å²) in [5.74, 6) is 0. The molecule has 0 amide bonds. The average molecular weight is 281 g/mol. The van der Waals surface area contributed by atoms with Crippen LogP contribution in [0.5, 0.6) is 0 Å². The van der Waals surface area contributed by atoms with Crippen LogP contribution in [-0.2, 0) is 6.54 Å². The van der Waals surface area contributed by atoms with Crippen LogP contribution in [-0.4, -0.2) is 18.1 Å². The standard InChI is InChI=1S/C16H15N3S/c1-3-7-14-12(5-1)17-9-10-19(14)11-16-18-13-6-2-4-8-15(13)20-16/h1-8,17H,9-11H2. The van der Waals surface area contributed by atoms with E-state index in [0.29, 0.717) is 0 Å². The molecule has 1 aliphatic rings. The lowest BCUT2D eigenvalue weighted by Crippen LogP contribution is -2.33. The fraction of sp³-hybridized carbons (Fsp3) is 0.188. The summed E-state index contributed by atoms with van der Waals surface area (Å²) in [7, 11) is 0. The molecule has 1 N–H and O–H groups in total. The first-order valence-electron chi connectivity index (χ1n) is 6.82. The van der Waals surface area contributed by atoms with E-state index in [-0.39, 0.29) is 0 Å². The minimum absolute atomic E-state index is 0.887. The molecule has 0 unspecified atom stereocenters. The summed E-state index contributed by atoms with van der Waals surface area (Å²) in [5.41, 5.74) is 3.61. The molecule has 4 heteroatoms. The smallest absolute Gasteiger partial charge is 0.113 e.